The molecule has 0 aliphatic carbocycles. The van der Waals surface area contributed by atoms with E-state index in [0.717, 1.165) is 25.1 Å². The van der Waals surface area contributed by atoms with Crippen LogP contribution in [0.2, 0.25) is 0 Å². The fraction of sp³-hybridized carbons (Fsp3) is 0.562. The largest absolute Gasteiger partial charge is 0.368 e. The second-order valence-electron chi connectivity index (χ2n) is 5.85. The highest BCUT2D eigenvalue weighted by molar-refractivity contribution is 6.00. The molecule has 1 aromatic carbocycles. The molecular weight excluding hydrogens is 241 g/mol. The van der Waals surface area contributed by atoms with E-state index in [1.807, 2.05) is 6.07 Å². The summed E-state index contributed by atoms with van der Waals surface area (Å²) in [7, 11) is 0. The lowest BCUT2D eigenvalue weighted by molar-refractivity contribution is 0.101. The van der Waals surface area contributed by atoms with Crippen LogP contribution in [0.3, 0.4) is 0 Å². The van der Waals surface area contributed by atoms with Gasteiger partial charge in [-0.05, 0) is 57.2 Å². The van der Waals surface area contributed by atoms with Crippen molar-refractivity contribution in [2.24, 2.45) is 5.92 Å². The number of hydrogen-bond acceptors (Lipinski definition) is 2. The zero-order chi connectivity index (χ0) is 14.2. The number of piperidine rings is 1. The Morgan fingerprint density at radius 3 is 2.63 bits per heavy atom. The van der Waals surface area contributed by atoms with Crippen molar-refractivity contribution < 1.29 is 9.18 Å². The summed E-state index contributed by atoms with van der Waals surface area (Å²) < 4.78 is 13.7. The maximum atomic E-state index is 13.7. The summed E-state index contributed by atoms with van der Waals surface area (Å²) in [4.78, 5) is 14.0. The normalized spacial score (nSPS) is 23.5. The van der Waals surface area contributed by atoms with Crippen LogP contribution in [0.15, 0.2) is 12.1 Å². The van der Waals surface area contributed by atoms with Crippen LogP contribution in [0, 0.1) is 18.7 Å². The Balaban J connectivity index is 2.43. The number of benzene rings is 1. The van der Waals surface area contributed by atoms with Crippen molar-refractivity contribution in [1.29, 1.82) is 0 Å². The average molecular weight is 263 g/mol. The van der Waals surface area contributed by atoms with Crippen molar-refractivity contribution in [3.8, 4) is 0 Å². The highest BCUT2D eigenvalue weighted by atomic mass is 19.1. The van der Waals surface area contributed by atoms with Crippen molar-refractivity contribution in [3.63, 3.8) is 0 Å². The van der Waals surface area contributed by atoms with Crippen molar-refractivity contribution in [2.45, 2.75) is 46.6 Å². The monoisotopic (exact) mass is 263 g/mol. The molecule has 0 radical (unpaired) electrons. The lowest BCUT2D eigenvalue weighted by Gasteiger charge is -2.39. The second kappa shape index (κ2) is 5.32. The molecule has 0 saturated carbocycles. The quantitative estimate of drug-likeness (QED) is 0.753. The van der Waals surface area contributed by atoms with E-state index in [0.29, 0.717) is 23.1 Å². The van der Waals surface area contributed by atoms with Gasteiger partial charge in [0.1, 0.15) is 5.82 Å². The zero-order valence-corrected chi connectivity index (χ0v) is 12.2. The first-order valence-electron chi connectivity index (χ1n) is 6.98. The Bertz CT molecular complexity index is 498. The number of Topliss-reactive ketones (excluding diaryl/α,β-unsaturated/α-hetero) is 1. The van der Waals surface area contributed by atoms with Gasteiger partial charge in [-0.1, -0.05) is 6.92 Å². The minimum Gasteiger partial charge on any atom is -0.368 e. The standard InChI is InChI=1S/C16H22FNO/c1-10-5-6-18(12(3)7-10)16-8-11(2)15(17)9-14(16)13(4)19/h8-10,12H,5-7H2,1-4H3. The summed E-state index contributed by atoms with van der Waals surface area (Å²) in [5.41, 5.74) is 2.00. The van der Waals surface area contributed by atoms with E-state index in [2.05, 4.69) is 18.7 Å². The van der Waals surface area contributed by atoms with E-state index in [4.69, 9.17) is 0 Å². The molecule has 104 valence electrons. The Labute approximate surface area is 114 Å². The number of rotatable bonds is 2. The molecule has 19 heavy (non-hydrogen) atoms. The molecule has 0 amide bonds. The Morgan fingerprint density at radius 1 is 1.37 bits per heavy atom. The van der Waals surface area contributed by atoms with Crippen LogP contribution in [0.25, 0.3) is 0 Å². The summed E-state index contributed by atoms with van der Waals surface area (Å²) in [5, 5.41) is 0. The zero-order valence-electron chi connectivity index (χ0n) is 12.2. The van der Waals surface area contributed by atoms with Crippen LogP contribution in [-0.4, -0.2) is 18.4 Å². The van der Waals surface area contributed by atoms with Crippen molar-refractivity contribution in [3.05, 3.63) is 29.1 Å². The van der Waals surface area contributed by atoms with Gasteiger partial charge in [0, 0.05) is 23.8 Å². The van der Waals surface area contributed by atoms with Gasteiger partial charge in [0.05, 0.1) is 0 Å². The predicted molar refractivity (Wildman–Crippen MR) is 76.3 cm³/mol. The second-order valence-corrected chi connectivity index (χ2v) is 5.85. The number of ketones is 1. The van der Waals surface area contributed by atoms with Gasteiger partial charge >= 0.3 is 0 Å². The van der Waals surface area contributed by atoms with Gasteiger partial charge in [0.15, 0.2) is 5.78 Å². The van der Waals surface area contributed by atoms with Gasteiger partial charge in [-0.2, -0.15) is 0 Å². The van der Waals surface area contributed by atoms with Crippen molar-refractivity contribution in [2.75, 3.05) is 11.4 Å². The smallest absolute Gasteiger partial charge is 0.161 e. The molecule has 1 aliphatic heterocycles. The maximum Gasteiger partial charge on any atom is 0.161 e. The number of nitrogens with zero attached hydrogens (tertiary/aromatic N) is 1. The van der Waals surface area contributed by atoms with E-state index < -0.39 is 0 Å². The van der Waals surface area contributed by atoms with E-state index in [-0.39, 0.29) is 11.6 Å². The Morgan fingerprint density at radius 2 is 2.05 bits per heavy atom. The summed E-state index contributed by atoms with van der Waals surface area (Å²) in [6, 6.07) is 3.60. The molecule has 2 unspecified atom stereocenters. The molecule has 1 heterocycles. The summed E-state index contributed by atoms with van der Waals surface area (Å²) in [6.45, 7) is 8.63. The van der Waals surface area contributed by atoms with Gasteiger partial charge in [-0.25, -0.2) is 4.39 Å². The minimum absolute atomic E-state index is 0.0697. The number of anilines is 1. The third-order valence-electron chi connectivity index (χ3n) is 4.10. The first kappa shape index (κ1) is 14.0. The average Bonchev–Trinajstić information content (AvgIpc) is 2.32. The molecule has 2 atom stereocenters. The first-order chi connectivity index (χ1) is 8.90. The summed E-state index contributed by atoms with van der Waals surface area (Å²) in [6.07, 6.45) is 2.24. The Kier molecular flexibility index (Phi) is 3.93. The lowest BCUT2D eigenvalue weighted by Crippen LogP contribution is -2.41. The van der Waals surface area contributed by atoms with E-state index in [1.165, 1.54) is 13.0 Å². The topological polar surface area (TPSA) is 20.3 Å². The molecule has 0 aromatic heterocycles. The first-order valence-corrected chi connectivity index (χ1v) is 6.98. The van der Waals surface area contributed by atoms with Crippen molar-refractivity contribution >= 4 is 11.5 Å². The lowest BCUT2D eigenvalue weighted by atomic mass is 9.91. The molecule has 3 heteroatoms. The third kappa shape index (κ3) is 2.80. The van der Waals surface area contributed by atoms with Crippen LogP contribution in [0.4, 0.5) is 10.1 Å². The molecule has 0 spiro atoms. The summed E-state index contributed by atoms with van der Waals surface area (Å²) in [5.74, 6) is 0.347. The maximum absolute atomic E-state index is 13.7. The third-order valence-corrected chi connectivity index (χ3v) is 4.10. The van der Waals surface area contributed by atoms with Crippen LogP contribution < -0.4 is 4.90 Å². The fourth-order valence-corrected chi connectivity index (χ4v) is 2.95. The van der Waals surface area contributed by atoms with E-state index in [1.54, 1.807) is 6.92 Å². The highest BCUT2D eigenvalue weighted by Gasteiger charge is 2.26. The van der Waals surface area contributed by atoms with Crippen LogP contribution in [-0.2, 0) is 0 Å². The van der Waals surface area contributed by atoms with Crippen molar-refractivity contribution in [1.82, 2.24) is 0 Å². The Hall–Kier alpha value is -1.38. The molecule has 2 nitrogen and oxygen atoms in total. The van der Waals surface area contributed by atoms with Gasteiger partial charge in [0.2, 0.25) is 0 Å². The SMILES string of the molecule is CC(=O)c1cc(F)c(C)cc1N1CCC(C)CC1C. The summed E-state index contributed by atoms with van der Waals surface area (Å²) >= 11 is 0. The van der Waals surface area contributed by atoms with Gasteiger partial charge < -0.3 is 4.90 Å². The van der Waals surface area contributed by atoms with E-state index >= 15 is 0 Å². The minimum atomic E-state index is -0.299. The molecule has 1 aromatic rings. The number of aryl methyl sites for hydroxylation is 1. The number of halogens is 1. The molecule has 1 aliphatic rings. The van der Waals surface area contributed by atoms with Crippen LogP contribution in [0.5, 0.6) is 0 Å². The molecule has 0 N–H and O–H groups in total. The van der Waals surface area contributed by atoms with Gasteiger partial charge in [0.25, 0.3) is 0 Å². The molecule has 1 saturated heterocycles. The van der Waals surface area contributed by atoms with E-state index in [9.17, 15) is 9.18 Å². The van der Waals surface area contributed by atoms with Gasteiger partial charge in [-0.15, -0.1) is 0 Å². The number of hydrogen-bond donors (Lipinski definition) is 0. The number of carbonyl (C=O) groups is 1. The highest BCUT2D eigenvalue weighted by Crippen LogP contribution is 2.32. The molecular formula is C16H22FNO. The molecule has 2 rings (SSSR count). The molecule has 0 bridgehead atoms. The van der Waals surface area contributed by atoms with Crippen LogP contribution in [0.1, 0.15) is 49.5 Å². The molecule has 1 fully saturated rings. The predicted octanol–water partition coefficient (Wildman–Crippen LogP) is 3.96. The van der Waals surface area contributed by atoms with Gasteiger partial charge in [-0.3, -0.25) is 4.79 Å². The van der Waals surface area contributed by atoms with Crippen LogP contribution >= 0.6 is 0 Å². The number of carbonyl (C=O) groups excluding carboxylic acids is 1. The fourth-order valence-electron chi connectivity index (χ4n) is 2.95.